The molecule has 1 saturated heterocycles. The number of nitrogens with zero attached hydrogens (tertiary/aromatic N) is 4. The standard InChI is InChI=1S/C29H39ClN7O2P/c1-36(2)19-16-29(17-19)10-12-37(13-11-29)24-15-25(39-3)23(14-21(24)31)34-28-32-18-20(30)27(35-28)33-22-8-6-7-9-26(22)40(4,5)38/h6-9,14-15,18-19H,10-13,16-17,31H2,1-5H3,(H2,32,33,34,35). The van der Waals surface area contributed by atoms with Crippen LogP contribution < -0.4 is 31.3 Å². The summed E-state index contributed by atoms with van der Waals surface area (Å²) in [5.41, 5.74) is 10.1. The van der Waals surface area contributed by atoms with E-state index in [1.54, 1.807) is 20.4 Å². The van der Waals surface area contributed by atoms with Crippen molar-refractivity contribution in [1.29, 1.82) is 0 Å². The summed E-state index contributed by atoms with van der Waals surface area (Å²) in [6, 6.07) is 12.0. The number of ether oxygens (including phenoxy) is 1. The second-order valence-electron chi connectivity index (χ2n) is 11.6. The van der Waals surface area contributed by atoms with Crippen LogP contribution in [0.5, 0.6) is 5.75 Å². The quantitative estimate of drug-likeness (QED) is 0.225. The first kappa shape index (κ1) is 28.5. The van der Waals surface area contributed by atoms with Crippen LogP contribution in [-0.4, -0.2) is 68.5 Å². The summed E-state index contributed by atoms with van der Waals surface area (Å²) in [5.74, 6) is 1.38. The Morgan fingerprint density at radius 3 is 2.48 bits per heavy atom. The van der Waals surface area contributed by atoms with Gasteiger partial charge in [0, 0.05) is 30.5 Å². The highest BCUT2D eigenvalue weighted by Crippen LogP contribution is 2.51. The van der Waals surface area contributed by atoms with Crippen molar-refractivity contribution in [1.82, 2.24) is 14.9 Å². The molecule has 5 rings (SSSR count). The summed E-state index contributed by atoms with van der Waals surface area (Å²) in [4.78, 5) is 13.7. The molecule has 2 fully saturated rings. The molecule has 0 radical (unpaired) electrons. The lowest BCUT2D eigenvalue weighted by Gasteiger charge is -2.54. The molecule has 3 aromatic rings. The number of nitrogen functional groups attached to an aromatic ring is 1. The zero-order chi connectivity index (χ0) is 28.7. The smallest absolute Gasteiger partial charge is 0.229 e. The fourth-order valence-corrected chi connectivity index (χ4v) is 7.17. The molecule has 4 N–H and O–H groups in total. The average Bonchev–Trinajstić information content (AvgIpc) is 2.89. The third-order valence-corrected chi connectivity index (χ3v) is 10.1. The lowest BCUT2D eigenvalue weighted by Crippen LogP contribution is -2.53. The number of aromatic nitrogens is 2. The Labute approximate surface area is 241 Å². The number of methoxy groups -OCH3 is 1. The van der Waals surface area contributed by atoms with Gasteiger partial charge < -0.3 is 35.5 Å². The molecule has 0 amide bonds. The van der Waals surface area contributed by atoms with Gasteiger partial charge >= 0.3 is 0 Å². The van der Waals surface area contributed by atoms with Gasteiger partial charge in [0.1, 0.15) is 17.9 Å². The predicted octanol–water partition coefficient (Wildman–Crippen LogP) is 5.77. The number of piperidine rings is 1. The number of para-hydroxylation sites is 1. The molecule has 0 bridgehead atoms. The number of halogens is 1. The zero-order valence-corrected chi connectivity index (χ0v) is 25.5. The van der Waals surface area contributed by atoms with Gasteiger partial charge in [0.05, 0.1) is 36.1 Å². The largest absolute Gasteiger partial charge is 0.494 e. The van der Waals surface area contributed by atoms with E-state index in [4.69, 9.17) is 22.1 Å². The minimum absolute atomic E-state index is 0.325. The monoisotopic (exact) mass is 583 g/mol. The first-order chi connectivity index (χ1) is 19.0. The van der Waals surface area contributed by atoms with Gasteiger partial charge in [0.25, 0.3) is 0 Å². The van der Waals surface area contributed by atoms with Crippen LogP contribution in [0.2, 0.25) is 5.02 Å². The molecule has 2 heterocycles. The molecular weight excluding hydrogens is 545 g/mol. The molecule has 40 heavy (non-hydrogen) atoms. The molecule has 214 valence electrons. The van der Waals surface area contributed by atoms with Crippen molar-refractivity contribution in [3.63, 3.8) is 0 Å². The molecule has 1 saturated carbocycles. The Morgan fingerprint density at radius 1 is 1.12 bits per heavy atom. The van der Waals surface area contributed by atoms with Crippen LogP contribution in [0.25, 0.3) is 0 Å². The highest BCUT2D eigenvalue weighted by molar-refractivity contribution is 7.70. The molecule has 0 atom stereocenters. The summed E-state index contributed by atoms with van der Waals surface area (Å²) in [6.07, 6.45) is 6.46. The van der Waals surface area contributed by atoms with Crippen molar-refractivity contribution < 1.29 is 9.30 Å². The lowest BCUT2D eigenvalue weighted by molar-refractivity contribution is 0.00492. The number of anilines is 6. The van der Waals surface area contributed by atoms with Crippen LogP contribution >= 0.6 is 18.7 Å². The van der Waals surface area contributed by atoms with Gasteiger partial charge in [-0.05, 0) is 76.7 Å². The zero-order valence-electron chi connectivity index (χ0n) is 23.9. The maximum atomic E-state index is 12.8. The van der Waals surface area contributed by atoms with E-state index in [1.807, 2.05) is 36.4 Å². The Kier molecular flexibility index (Phi) is 7.92. The second-order valence-corrected chi connectivity index (χ2v) is 15.2. The molecule has 11 heteroatoms. The maximum Gasteiger partial charge on any atom is 0.229 e. The minimum Gasteiger partial charge on any atom is -0.494 e. The van der Waals surface area contributed by atoms with Gasteiger partial charge in [0.15, 0.2) is 5.82 Å². The topological polar surface area (TPSA) is 109 Å². The predicted molar refractivity (Wildman–Crippen MR) is 167 cm³/mol. The van der Waals surface area contributed by atoms with Gasteiger partial charge in [-0.15, -0.1) is 0 Å². The van der Waals surface area contributed by atoms with E-state index >= 15 is 0 Å². The first-order valence-electron chi connectivity index (χ1n) is 13.6. The SMILES string of the molecule is COc1cc(N2CCC3(CC2)CC(N(C)C)C3)c(N)cc1Nc1ncc(Cl)c(Nc2ccccc2P(C)(C)=O)n1. The van der Waals surface area contributed by atoms with Crippen molar-refractivity contribution in [2.45, 2.75) is 31.7 Å². The van der Waals surface area contributed by atoms with Crippen LogP contribution in [0.3, 0.4) is 0 Å². The highest BCUT2D eigenvalue weighted by atomic mass is 35.5. The number of rotatable bonds is 8. The number of hydrogen-bond acceptors (Lipinski definition) is 9. The van der Waals surface area contributed by atoms with E-state index in [1.165, 1.54) is 31.9 Å². The van der Waals surface area contributed by atoms with Crippen molar-refractivity contribution in [3.05, 3.63) is 47.6 Å². The average molecular weight is 584 g/mol. The molecule has 2 aliphatic rings. The molecule has 1 aliphatic carbocycles. The van der Waals surface area contributed by atoms with Crippen LogP contribution in [0.15, 0.2) is 42.6 Å². The van der Waals surface area contributed by atoms with E-state index in [0.717, 1.165) is 24.1 Å². The van der Waals surface area contributed by atoms with Gasteiger partial charge in [0.2, 0.25) is 5.95 Å². The van der Waals surface area contributed by atoms with Crippen molar-refractivity contribution in [3.8, 4) is 5.75 Å². The third-order valence-electron chi connectivity index (χ3n) is 8.31. The van der Waals surface area contributed by atoms with Gasteiger partial charge in [-0.1, -0.05) is 23.7 Å². The number of hydrogen-bond donors (Lipinski definition) is 3. The van der Waals surface area contributed by atoms with E-state index in [9.17, 15) is 4.57 Å². The Balaban J connectivity index is 1.33. The van der Waals surface area contributed by atoms with Gasteiger partial charge in [-0.2, -0.15) is 4.98 Å². The molecule has 1 spiro atoms. The fraction of sp³-hybridized carbons (Fsp3) is 0.448. The summed E-state index contributed by atoms with van der Waals surface area (Å²) >= 11 is 6.43. The van der Waals surface area contributed by atoms with Crippen LogP contribution in [0.1, 0.15) is 25.7 Å². The fourth-order valence-electron chi connectivity index (χ4n) is 5.87. The second kappa shape index (κ2) is 11.1. The minimum atomic E-state index is -2.52. The van der Waals surface area contributed by atoms with E-state index in [2.05, 4.69) is 44.5 Å². The van der Waals surface area contributed by atoms with Crippen LogP contribution in [0, 0.1) is 5.41 Å². The van der Waals surface area contributed by atoms with Gasteiger partial charge in [-0.3, -0.25) is 0 Å². The summed E-state index contributed by atoms with van der Waals surface area (Å²) in [7, 11) is 3.48. The van der Waals surface area contributed by atoms with Gasteiger partial charge in [-0.25, -0.2) is 4.98 Å². The molecule has 2 aromatic carbocycles. The maximum absolute atomic E-state index is 12.8. The number of benzene rings is 2. The lowest BCUT2D eigenvalue weighted by atomic mass is 9.60. The third kappa shape index (κ3) is 5.87. The van der Waals surface area contributed by atoms with E-state index in [0.29, 0.717) is 51.1 Å². The molecule has 1 aliphatic heterocycles. The molecular formula is C29H39ClN7O2P. The Bertz CT molecular complexity index is 1430. The number of nitrogens with one attached hydrogen (secondary N) is 2. The van der Waals surface area contributed by atoms with Crippen molar-refractivity contribution in [2.75, 3.05) is 68.9 Å². The van der Waals surface area contributed by atoms with E-state index in [-0.39, 0.29) is 0 Å². The van der Waals surface area contributed by atoms with Crippen LogP contribution in [-0.2, 0) is 4.57 Å². The molecule has 1 aromatic heterocycles. The highest BCUT2D eigenvalue weighted by Gasteiger charge is 2.46. The molecule has 9 nitrogen and oxygen atoms in total. The van der Waals surface area contributed by atoms with Crippen molar-refractivity contribution >= 4 is 58.6 Å². The number of nitrogens with two attached hydrogens (primary N) is 1. The first-order valence-corrected chi connectivity index (χ1v) is 16.6. The summed E-state index contributed by atoms with van der Waals surface area (Å²) in [5, 5.41) is 7.53. The van der Waals surface area contributed by atoms with Crippen molar-refractivity contribution in [2.24, 2.45) is 5.41 Å². The summed E-state index contributed by atoms with van der Waals surface area (Å²) in [6.45, 7) is 5.44. The summed E-state index contributed by atoms with van der Waals surface area (Å²) < 4.78 is 18.5. The normalized spacial score (nSPS) is 17.1. The Morgan fingerprint density at radius 2 is 1.82 bits per heavy atom. The van der Waals surface area contributed by atoms with Crippen LogP contribution in [0.4, 0.5) is 34.5 Å². The Hall–Kier alpha value is -3.00. The van der Waals surface area contributed by atoms with E-state index < -0.39 is 7.14 Å². The molecule has 0 unspecified atom stereocenters.